The topological polar surface area (TPSA) is 62.2 Å². The summed E-state index contributed by atoms with van der Waals surface area (Å²) in [6.45, 7) is 1.62. The molecule has 2 rings (SSSR count). The number of halogens is 2. The van der Waals surface area contributed by atoms with E-state index in [0.29, 0.717) is 20.9 Å². The second-order valence-corrected chi connectivity index (χ2v) is 5.16. The molecule has 1 aromatic heterocycles. The number of carbonyl (C=O) groups is 1. The zero-order valence-electron chi connectivity index (χ0n) is 9.20. The first-order valence-electron chi connectivity index (χ1n) is 4.90. The molecule has 0 amide bonds. The molecule has 1 heterocycles. The van der Waals surface area contributed by atoms with Crippen LogP contribution in [-0.4, -0.2) is 15.4 Å². The zero-order chi connectivity index (χ0) is 13.3. The molecule has 94 valence electrons. The molecule has 2 N–H and O–H groups in total. The first-order chi connectivity index (χ1) is 8.49. The number of hydrogen-bond acceptors (Lipinski definition) is 4. The Balaban J connectivity index is 2.34. The van der Waals surface area contributed by atoms with E-state index in [9.17, 15) is 9.18 Å². The second-order valence-electron chi connectivity index (χ2n) is 3.53. The summed E-state index contributed by atoms with van der Waals surface area (Å²) in [4.78, 5) is 11.1. The molecule has 0 spiro atoms. The highest BCUT2D eigenvalue weighted by Gasteiger charge is 2.17. The van der Waals surface area contributed by atoms with Crippen LogP contribution in [0.3, 0.4) is 0 Å². The van der Waals surface area contributed by atoms with Gasteiger partial charge in [0.25, 0.3) is 0 Å². The van der Waals surface area contributed by atoms with Gasteiger partial charge in [0.15, 0.2) is 0 Å². The van der Waals surface area contributed by atoms with Gasteiger partial charge in [-0.3, -0.25) is 0 Å². The predicted molar refractivity (Wildman–Crippen MR) is 71.2 cm³/mol. The fourth-order valence-corrected chi connectivity index (χ4v) is 2.47. The largest absolute Gasteiger partial charge is 0.478 e. The smallest absolute Gasteiger partial charge is 0.340 e. The number of rotatable bonds is 3. The molecule has 0 fully saturated rings. The summed E-state index contributed by atoms with van der Waals surface area (Å²) in [5.74, 6) is -1.47. The standard InChI is InChI=1S/C11H8BrFN2O2S/c1-5-9(11(16)17)10(18-15-5)14-6-2-3-7(12)8(13)4-6/h2-4,14H,1H3,(H,16,17). The maximum atomic E-state index is 13.3. The summed E-state index contributed by atoms with van der Waals surface area (Å²) in [5.41, 5.74) is 1.03. The summed E-state index contributed by atoms with van der Waals surface area (Å²) in [6, 6.07) is 4.48. The molecular weight excluding hydrogens is 323 g/mol. The van der Waals surface area contributed by atoms with Crippen LogP contribution in [0.2, 0.25) is 0 Å². The van der Waals surface area contributed by atoms with Gasteiger partial charge in [-0.1, -0.05) is 0 Å². The Bertz CT molecular complexity index is 615. The van der Waals surface area contributed by atoms with Crippen LogP contribution in [0.25, 0.3) is 0 Å². The van der Waals surface area contributed by atoms with Crippen molar-refractivity contribution in [3.8, 4) is 0 Å². The highest BCUT2D eigenvalue weighted by molar-refractivity contribution is 9.10. The van der Waals surface area contributed by atoms with Crippen LogP contribution in [0.15, 0.2) is 22.7 Å². The van der Waals surface area contributed by atoms with Crippen molar-refractivity contribution in [1.29, 1.82) is 0 Å². The van der Waals surface area contributed by atoms with Crippen LogP contribution in [0, 0.1) is 12.7 Å². The Kier molecular flexibility index (Phi) is 3.63. The molecule has 7 heteroatoms. The lowest BCUT2D eigenvalue weighted by Crippen LogP contribution is -2.01. The van der Waals surface area contributed by atoms with Crippen molar-refractivity contribution in [2.75, 3.05) is 5.32 Å². The number of carboxylic acid groups (broad SMARTS) is 1. The van der Waals surface area contributed by atoms with E-state index in [1.165, 1.54) is 6.07 Å². The van der Waals surface area contributed by atoms with Crippen molar-refractivity contribution < 1.29 is 14.3 Å². The van der Waals surface area contributed by atoms with Gasteiger partial charge in [0.2, 0.25) is 0 Å². The first-order valence-corrected chi connectivity index (χ1v) is 6.47. The molecule has 0 bridgehead atoms. The third kappa shape index (κ3) is 2.51. The van der Waals surface area contributed by atoms with E-state index in [2.05, 4.69) is 25.6 Å². The van der Waals surface area contributed by atoms with E-state index < -0.39 is 11.8 Å². The van der Waals surface area contributed by atoms with Crippen molar-refractivity contribution in [3.63, 3.8) is 0 Å². The molecule has 0 unspecified atom stereocenters. The van der Waals surface area contributed by atoms with Gasteiger partial charge < -0.3 is 10.4 Å². The van der Waals surface area contributed by atoms with E-state index in [-0.39, 0.29) is 5.56 Å². The minimum absolute atomic E-state index is 0.114. The lowest BCUT2D eigenvalue weighted by molar-refractivity contribution is 0.0697. The Morgan fingerprint density at radius 2 is 2.28 bits per heavy atom. The summed E-state index contributed by atoms with van der Waals surface area (Å²) in [6.07, 6.45) is 0. The maximum Gasteiger partial charge on any atom is 0.340 e. The summed E-state index contributed by atoms with van der Waals surface area (Å²) < 4.78 is 17.7. The number of aromatic carboxylic acids is 1. The summed E-state index contributed by atoms with van der Waals surface area (Å²) >= 11 is 4.08. The Labute approximate surface area is 115 Å². The summed E-state index contributed by atoms with van der Waals surface area (Å²) in [7, 11) is 0. The van der Waals surface area contributed by atoms with Gasteiger partial charge in [0, 0.05) is 5.69 Å². The van der Waals surface area contributed by atoms with Crippen LogP contribution < -0.4 is 5.32 Å². The average molecular weight is 331 g/mol. The number of aryl methyl sites for hydroxylation is 1. The van der Waals surface area contributed by atoms with Gasteiger partial charge in [-0.15, -0.1) is 0 Å². The van der Waals surface area contributed by atoms with Crippen molar-refractivity contribution in [2.45, 2.75) is 6.92 Å². The first kappa shape index (κ1) is 13.0. The quantitative estimate of drug-likeness (QED) is 0.898. The number of carboxylic acids is 1. The number of nitrogens with zero attached hydrogens (tertiary/aromatic N) is 1. The molecule has 4 nitrogen and oxygen atoms in total. The fourth-order valence-electron chi connectivity index (χ4n) is 1.41. The highest BCUT2D eigenvalue weighted by Crippen LogP contribution is 2.29. The molecule has 2 aromatic rings. The molecule has 0 saturated carbocycles. The number of aromatic nitrogens is 1. The molecule has 1 aromatic carbocycles. The van der Waals surface area contributed by atoms with Crippen LogP contribution >= 0.6 is 27.5 Å². The Hall–Kier alpha value is -1.47. The SMILES string of the molecule is Cc1nsc(Nc2ccc(Br)c(F)c2)c1C(=O)O. The summed E-state index contributed by atoms with van der Waals surface area (Å²) in [5, 5.41) is 12.3. The zero-order valence-corrected chi connectivity index (χ0v) is 11.6. The van der Waals surface area contributed by atoms with E-state index in [0.717, 1.165) is 11.5 Å². The minimum Gasteiger partial charge on any atom is -0.478 e. The normalized spacial score (nSPS) is 10.4. The maximum absolute atomic E-state index is 13.3. The minimum atomic E-state index is -1.05. The van der Waals surface area contributed by atoms with Gasteiger partial charge in [0.05, 0.1) is 10.2 Å². The van der Waals surface area contributed by atoms with E-state index in [4.69, 9.17) is 5.11 Å². The van der Waals surface area contributed by atoms with Crippen LogP contribution in [-0.2, 0) is 0 Å². The van der Waals surface area contributed by atoms with Crippen LogP contribution in [0.1, 0.15) is 16.1 Å². The van der Waals surface area contributed by atoms with Gasteiger partial charge in [0.1, 0.15) is 16.4 Å². The molecule has 0 radical (unpaired) electrons. The molecule has 18 heavy (non-hydrogen) atoms. The number of benzene rings is 1. The van der Waals surface area contributed by atoms with Gasteiger partial charge >= 0.3 is 5.97 Å². The van der Waals surface area contributed by atoms with Crippen molar-refractivity contribution >= 4 is 44.1 Å². The average Bonchev–Trinajstić information content (AvgIpc) is 2.65. The monoisotopic (exact) mass is 330 g/mol. The number of anilines is 2. The Morgan fingerprint density at radius 3 is 2.89 bits per heavy atom. The van der Waals surface area contributed by atoms with E-state index in [1.54, 1.807) is 19.1 Å². The highest BCUT2D eigenvalue weighted by atomic mass is 79.9. The van der Waals surface area contributed by atoms with E-state index in [1.807, 2.05) is 0 Å². The molecule has 0 aliphatic rings. The Morgan fingerprint density at radius 1 is 1.56 bits per heavy atom. The predicted octanol–water partition coefficient (Wildman–Crippen LogP) is 3.79. The molecule has 0 atom stereocenters. The fraction of sp³-hybridized carbons (Fsp3) is 0.0909. The second kappa shape index (κ2) is 5.03. The third-order valence-corrected chi connectivity index (χ3v) is 3.75. The third-order valence-electron chi connectivity index (χ3n) is 2.25. The van der Waals surface area contributed by atoms with Crippen molar-refractivity contribution in [2.24, 2.45) is 0 Å². The number of hydrogen-bond donors (Lipinski definition) is 2. The van der Waals surface area contributed by atoms with Crippen molar-refractivity contribution in [3.05, 3.63) is 39.7 Å². The van der Waals surface area contributed by atoms with E-state index >= 15 is 0 Å². The molecule has 0 aliphatic carbocycles. The van der Waals surface area contributed by atoms with Crippen LogP contribution in [0.5, 0.6) is 0 Å². The van der Waals surface area contributed by atoms with Gasteiger partial charge in [-0.2, -0.15) is 4.37 Å². The van der Waals surface area contributed by atoms with Gasteiger partial charge in [-0.25, -0.2) is 9.18 Å². The van der Waals surface area contributed by atoms with Crippen molar-refractivity contribution in [1.82, 2.24) is 4.37 Å². The molecule has 0 saturated heterocycles. The molecule has 0 aliphatic heterocycles. The van der Waals surface area contributed by atoms with Crippen LogP contribution in [0.4, 0.5) is 15.1 Å². The number of nitrogens with one attached hydrogen (secondary N) is 1. The van der Waals surface area contributed by atoms with Gasteiger partial charge in [-0.05, 0) is 52.6 Å². The molecular formula is C11H8BrFN2O2S. The lowest BCUT2D eigenvalue weighted by atomic mass is 10.2. The lowest BCUT2D eigenvalue weighted by Gasteiger charge is -2.05.